The van der Waals surface area contributed by atoms with Gasteiger partial charge in [0.1, 0.15) is 6.04 Å². The molecular weight excluding hydrogens is 256 g/mol. The lowest BCUT2D eigenvalue weighted by Gasteiger charge is -2.28. The second-order valence-corrected chi connectivity index (χ2v) is 4.03. The Morgan fingerprint density at radius 3 is 2.26 bits per heavy atom. The summed E-state index contributed by atoms with van der Waals surface area (Å²) in [4.78, 5) is 34.6. The van der Waals surface area contributed by atoms with Crippen LogP contribution in [0.25, 0.3) is 0 Å². The normalized spacial score (nSPS) is 13.4. The molecule has 2 atom stereocenters. The minimum absolute atomic E-state index is 0.241. The predicted molar refractivity (Wildman–Crippen MR) is 65.9 cm³/mol. The fourth-order valence-corrected chi connectivity index (χ4v) is 1.59. The van der Waals surface area contributed by atoms with Gasteiger partial charge in [-0.2, -0.15) is 0 Å². The minimum atomic E-state index is -1.45. The quantitative estimate of drug-likeness (QED) is 0.573. The Kier molecular flexibility index (Phi) is 7.50. The van der Waals surface area contributed by atoms with Gasteiger partial charge in [0.05, 0.1) is 19.1 Å². The molecule has 0 heterocycles. The maximum Gasteiger partial charge on any atom is 0.326 e. The van der Waals surface area contributed by atoms with Gasteiger partial charge >= 0.3 is 18.0 Å². The third kappa shape index (κ3) is 6.05. The van der Waals surface area contributed by atoms with Crippen molar-refractivity contribution in [3.8, 4) is 0 Å². The maximum atomic E-state index is 11.9. The molecule has 0 fully saturated rings. The van der Waals surface area contributed by atoms with Crippen LogP contribution in [0, 0.1) is 0 Å². The first-order valence-corrected chi connectivity index (χ1v) is 5.84. The minimum Gasteiger partial charge on any atom is -0.481 e. The summed E-state index contributed by atoms with van der Waals surface area (Å²) in [6, 6.07) is -2.32. The van der Waals surface area contributed by atoms with E-state index in [1.807, 2.05) is 0 Å². The highest BCUT2D eigenvalue weighted by Gasteiger charge is 2.26. The molecule has 0 aliphatic rings. The van der Waals surface area contributed by atoms with Crippen LogP contribution < -0.4 is 5.32 Å². The number of carbonyl (C=O) groups is 3. The van der Waals surface area contributed by atoms with Crippen molar-refractivity contribution in [1.82, 2.24) is 10.2 Å². The van der Waals surface area contributed by atoms with Crippen molar-refractivity contribution in [3.63, 3.8) is 0 Å². The van der Waals surface area contributed by atoms with Crippen LogP contribution in [0.4, 0.5) is 4.79 Å². The summed E-state index contributed by atoms with van der Waals surface area (Å²) in [5, 5.41) is 19.6. The van der Waals surface area contributed by atoms with Gasteiger partial charge in [0.2, 0.25) is 0 Å². The molecule has 0 aromatic heterocycles. The zero-order valence-electron chi connectivity index (χ0n) is 11.3. The second kappa shape index (κ2) is 8.30. The van der Waals surface area contributed by atoms with Crippen LogP contribution in [0.1, 0.15) is 20.3 Å². The number of carboxylic acid groups (broad SMARTS) is 2. The molecule has 0 saturated carbocycles. The van der Waals surface area contributed by atoms with E-state index in [2.05, 4.69) is 5.32 Å². The Bertz CT molecular complexity index is 333. The van der Waals surface area contributed by atoms with Gasteiger partial charge in [0, 0.05) is 13.7 Å². The van der Waals surface area contributed by atoms with Crippen LogP contribution >= 0.6 is 0 Å². The zero-order chi connectivity index (χ0) is 15.0. The lowest BCUT2D eigenvalue weighted by Crippen LogP contribution is -2.52. The van der Waals surface area contributed by atoms with Crippen LogP contribution in [-0.4, -0.2) is 65.4 Å². The molecule has 0 rings (SSSR count). The van der Waals surface area contributed by atoms with Crippen LogP contribution in [0.5, 0.6) is 0 Å². The van der Waals surface area contributed by atoms with Crippen LogP contribution in [-0.2, 0) is 14.3 Å². The standard InChI is InChI=1S/C11H20N2O6/c1-4-13(7(2)6-19-3)11(18)12-8(10(16)17)5-9(14)15/h7-8H,4-6H2,1-3H3,(H,12,18)(H,14,15)(H,16,17). The van der Waals surface area contributed by atoms with Gasteiger partial charge in [-0.05, 0) is 13.8 Å². The Morgan fingerprint density at radius 1 is 1.32 bits per heavy atom. The Morgan fingerprint density at radius 2 is 1.89 bits per heavy atom. The molecule has 19 heavy (non-hydrogen) atoms. The van der Waals surface area contributed by atoms with Crippen molar-refractivity contribution in [2.75, 3.05) is 20.3 Å². The topological polar surface area (TPSA) is 116 Å². The highest BCUT2D eigenvalue weighted by atomic mass is 16.5. The molecule has 2 unspecified atom stereocenters. The number of nitrogens with one attached hydrogen (secondary N) is 1. The van der Waals surface area contributed by atoms with Crippen molar-refractivity contribution in [3.05, 3.63) is 0 Å². The number of carboxylic acids is 2. The van der Waals surface area contributed by atoms with E-state index in [4.69, 9.17) is 14.9 Å². The van der Waals surface area contributed by atoms with Gasteiger partial charge in [-0.15, -0.1) is 0 Å². The Hall–Kier alpha value is -1.83. The van der Waals surface area contributed by atoms with E-state index in [1.54, 1.807) is 13.8 Å². The third-order valence-corrected chi connectivity index (χ3v) is 2.52. The van der Waals surface area contributed by atoms with Crippen molar-refractivity contribution in [1.29, 1.82) is 0 Å². The van der Waals surface area contributed by atoms with Gasteiger partial charge in [-0.3, -0.25) is 4.79 Å². The monoisotopic (exact) mass is 276 g/mol. The molecule has 0 aliphatic heterocycles. The molecular formula is C11H20N2O6. The Balaban J connectivity index is 4.68. The average molecular weight is 276 g/mol. The van der Waals surface area contributed by atoms with E-state index in [0.29, 0.717) is 13.2 Å². The molecule has 8 nitrogen and oxygen atoms in total. The molecule has 0 aromatic rings. The molecule has 0 spiro atoms. The highest BCUT2D eigenvalue weighted by molar-refractivity contribution is 5.86. The van der Waals surface area contributed by atoms with Crippen molar-refractivity contribution < 1.29 is 29.3 Å². The first-order chi connectivity index (χ1) is 8.83. The number of rotatable bonds is 8. The maximum absolute atomic E-state index is 11.9. The van der Waals surface area contributed by atoms with E-state index in [1.165, 1.54) is 12.0 Å². The predicted octanol–water partition coefficient (Wildman–Crippen LogP) is -0.0193. The van der Waals surface area contributed by atoms with Crippen molar-refractivity contribution in [2.45, 2.75) is 32.4 Å². The molecule has 0 saturated heterocycles. The van der Waals surface area contributed by atoms with Crippen LogP contribution in [0.2, 0.25) is 0 Å². The number of nitrogens with zero attached hydrogens (tertiary/aromatic N) is 1. The summed E-state index contributed by atoms with van der Waals surface area (Å²) < 4.78 is 4.92. The molecule has 0 aliphatic carbocycles. The van der Waals surface area contributed by atoms with E-state index in [0.717, 1.165) is 0 Å². The smallest absolute Gasteiger partial charge is 0.326 e. The number of methoxy groups -OCH3 is 1. The number of ether oxygens (including phenoxy) is 1. The fraction of sp³-hybridized carbons (Fsp3) is 0.727. The number of aliphatic carboxylic acids is 2. The highest BCUT2D eigenvalue weighted by Crippen LogP contribution is 2.02. The molecule has 2 amide bonds. The summed E-state index contributed by atoms with van der Waals surface area (Å²) in [5.74, 6) is -2.67. The summed E-state index contributed by atoms with van der Waals surface area (Å²) in [5.41, 5.74) is 0. The first-order valence-electron chi connectivity index (χ1n) is 5.84. The largest absolute Gasteiger partial charge is 0.481 e. The van der Waals surface area contributed by atoms with Gasteiger partial charge in [-0.1, -0.05) is 0 Å². The third-order valence-electron chi connectivity index (χ3n) is 2.52. The van der Waals surface area contributed by atoms with Gasteiger partial charge < -0.3 is 25.2 Å². The van der Waals surface area contributed by atoms with E-state index < -0.39 is 30.4 Å². The lowest BCUT2D eigenvalue weighted by molar-refractivity contribution is -0.145. The summed E-state index contributed by atoms with van der Waals surface area (Å²) in [7, 11) is 1.49. The average Bonchev–Trinajstić information content (AvgIpc) is 2.28. The molecule has 0 radical (unpaired) electrons. The summed E-state index contributed by atoms with van der Waals surface area (Å²) in [6.45, 7) is 4.14. The zero-order valence-corrected chi connectivity index (χ0v) is 11.3. The van der Waals surface area contributed by atoms with Gasteiger partial charge in [0.25, 0.3) is 0 Å². The SMILES string of the molecule is CCN(C(=O)NC(CC(=O)O)C(=O)O)C(C)COC. The second-order valence-electron chi connectivity index (χ2n) is 4.03. The lowest BCUT2D eigenvalue weighted by atomic mass is 10.2. The van der Waals surface area contributed by atoms with Gasteiger partial charge in [-0.25, -0.2) is 9.59 Å². The number of urea groups is 1. The molecule has 0 bridgehead atoms. The van der Waals surface area contributed by atoms with Crippen LogP contribution in [0.15, 0.2) is 0 Å². The summed E-state index contributed by atoms with van der Waals surface area (Å²) >= 11 is 0. The number of hydrogen-bond donors (Lipinski definition) is 3. The number of likely N-dealkylation sites (N-methyl/N-ethyl adjacent to an activating group) is 1. The van der Waals surface area contributed by atoms with Gasteiger partial charge in [0.15, 0.2) is 0 Å². The number of carbonyl (C=O) groups excluding carboxylic acids is 1. The van der Waals surface area contributed by atoms with E-state index >= 15 is 0 Å². The number of hydrogen-bond acceptors (Lipinski definition) is 4. The number of amides is 2. The Labute approximate surface area is 111 Å². The molecule has 8 heteroatoms. The van der Waals surface area contributed by atoms with E-state index in [-0.39, 0.29) is 6.04 Å². The summed E-state index contributed by atoms with van der Waals surface area (Å²) in [6.07, 6.45) is -0.669. The van der Waals surface area contributed by atoms with Crippen molar-refractivity contribution in [2.24, 2.45) is 0 Å². The van der Waals surface area contributed by atoms with Crippen LogP contribution in [0.3, 0.4) is 0 Å². The molecule has 3 N–H and O–H groups in total. The van der Waals surface area contributed by atoms with E-state index in [9.17, 15) is 14.4 Å². The molecule has 0 aromatic carbocycles. The molecule has 110 valence electrons. The van der Waals surface area contributed by atoms with Crippen molar-refractivity contribution >= 4 is 18.0 Å². The fourth-order valence-electron chi connectivity index (χ4n) is 1.59. The first kappa shape index (κ1) is 17.2.